The van der Waals surface area contributed by atoms with Crippen molar-refractivity contribution in [1.82, 2.24) is 9.88 Å². The molecule has 1 aliphatic heterocycles. The Morgan fingerprint density at radius 3 is 2.80 bits per heavy atom. The van der Waals surface area contributed by atoms with Crippen molar-refractivity contribution in [2.24, 2.45) is 5.92 Å². The number of thioether (sulfide) groups is 1. The Bertz CT molecular complexity index is 437. The SMILES string of the molecule is CC(C)CN1CCCC1c1cccnc1SC(C)(C)C. The summed E-state index contributed by atoms with van der Waals surface area (Å²) in [7, 11) is 0. The van der Waals surface area contributed by atoms with Crippen LogP contribution < -0.4 is 0 Å². The molecule has 3 heteroatoms. The first-order valence-electron chi connectivity index (χ1n) is 7.75. The number of nitrogens with zero attached hydrogens (tertiary/aromatic N) is 2. The molecule has 1 atom stereocenters. The number of hydrogen-bond acceptors (Lipinski definition) is 3. The van der Waals surface area contributed by atoms with Crippen LogP contribution in [0, 0.1) is 5.92 Å². The van der Waals surface area contributed by atoms with Crippen molar-refractivity contribution in [2.75, 3.05) is 13.1 Å². The maximum Gasteiger partial charge on any atom is 0.101 e. The smallest absolute Gasteiger partial charge is 0.101 e. The first-order chi connectivity index (χ1) is 9.37. The monoisotopic (exact) mass is 292 g/mol. The number of pyridine rings is 1. The normalized spacial score (nSPS) is 20.8. The third kappa shape index (κ3) is 4.23. The summed E-state index contributed by atoms with van der Waals surface area (Å²) in [5, 5.41) is 1.22. The van der Waals surface area contributed by atoms with Gasteiger partial charge in [-0.05, 0) is 31.4 Å². The number of hydrogen-bond donors (Lipinski definition) is 0. The molecule has 112 valence electrons. The number of likely N-dealkylation sites (tertiary alicyclic amines) is 1. The van der Waals surface area contributed by atoms with Gasteiger partial charge in [-0.3, -0.25) is 4.90 Å². The Kier molecular flexibility index (Phi) is 5.14. The molecule has 1 fully saturated rings. The Balaban J connectivity index is 2.23. The molecule has 0 aromatic carbocycles. The van der Waals surface area contributed by atoms with E-state index in [2.05, 4.69) is 56.6 Å². The summed E-state index contributed by atoms with van der Waals surface area (Å²) < 4.78 is 0.213. The Labute approximate surface area is 128 Å². The Morgan fingerprint density at radius 1 is 1.40 bits per heavy atom. The van der Waals surface area contributed by atoms with Crippen molar-refractivity contribution in [2.45, 2.75) is 63.3 Å². The van der Waals surface area contributed by atoms with Crippen LogP contribution in [0.2, 0.25) is 0 Å². The minimum Gasteiger partial charge on any atom is -0.296 e. The van der Waals surface area contributed by atoms with Crippen LogP contribution in [-0.4, -0.2) is 27.7 Å². The highest BCUT2D eigenvalue weighted by molar-refractivity contribution is 8.00. The van der Waals surface area contributed by atoms with Crippen LogP contribution in [0.25, 0.3) is 0 Å². The molecule has 1 aliphatic rings. The van der Waals surface area contributed by atoms with Gasteiger partial charge in [-0.1, -0.05) is 40.7 Å². The predicted octanol–water partition coefficient (Wildman–Crippen LogP) is 4.77. The van der Waals surface area contributed by atoms with Gasteiger partial charge in [0.1, 0.15) is 5.03 Å². The zero-order chi connectivity index (χ0) is 14.8. The van der Waals surface area contributed by atoms with E-state index in [1.807, 2.05) is 18.0 Å². The molecule has 20 heavy (non-hydrogen) atoms. The van der Waals surface area contributed by atoms with E-state index in [1.165, 1.54) is 36.5 Å². The average molecular weight is 292 g/mol. The molecular formula is C17H28N2S. The van der Waals surface area contributed by atoms with Crippen LogP contribution >= 0.6 is 11.8 Å². The van der Waals surface area contributed by atoms with E-state index in [-0.39, 0.29) is 4.75 Å². The fraction of sp³-hybridized carbons (Fsp3) is 0.706. The highest BCUT2D eigenvalue weighted by Crippen LogP contribution is 2.40. The van der Waals surface area contributed by atoms with E-state index >= 15 is 0 Å². The van der Waals surface area contributed by atoms with Crippen LogP contribution in [-0.2, 0) is 0 Å². The molecule has 0 saturated carbocycles. The highest BCUT2D eigenvalue weighted by atomic mass is 32.2. The second-order valence-electron chi connectivity index (χ2n) is 7.16. The number of rotatable bonds is 4. The standard InChI is InChI=1S/C17H28N2S/c1-13(2)12-19-11-7-9-15(19)14-8-6-10-18-16(14)20-17(3,4)5/h6,8,10,13,15H,7,9,11-12H2,1-5H3. The molecule has 0 spiro atoms. The van der Waals surface area contributed by atoms with Gasteiger partial charge in [0, 0.05) is 29.1 Å². The molecular weight excluding hydrogens is 264 g/mol. The third-order valence-corrected chi connectivity index (χ3v) is 4.67. The van der Waals surface area contributed by atoms with Crippen molar-refractivity contribution in [3.05, 3.63) is 23.9 Å². The molecule has 2 rings (SSSR count). The topological polar surface area (TPSA) is 16.1 Å². The number of aromatic nitrogens is 1. The third-order valence-electron chi connectivity index (χ3n) is 3.53. The Morgan fingerprint density at radius 2 is 2.15 bits per heavy atom. The lowest BCUT2D eigenvalue weighted by atomic mass is 10.1. The summed E-state index contributed by atoms with van der Waals surface area (Å²) in [5.74, 6) is 0.728. The van der Waals surface area contributed by atoms with Crippen molar-refractivity contribution in [3.63, 3.8) is 0 Å². The van der Waals surface area contributed by atoms with E-state index in [9.17, 15) is 0 Å². The van der Waals surface area contributed by atoms with Crippen molar-refractivity contribution in [3.8, 4) is 0 Å². The quantitative estimate of drug-likeness (QED) is 0.744. The largest absolute Gasteiger partial charge is 0.296 e. The van der Waals surface area contributed by atoms with Crippen LogP contribution in [0.1, 0.15) is 59.1 Å². The van der Waals surface area contributed by atoms with E-state index in [4.69, 9.17) is 0 Å². The zero-order valence-corrected chi connectivity index (χ0v) is 14.3. The fourth-order valence-corrected chi connectivity index (χ4v) is 3.91. The van der Waals surface area contributed by atoms with E-state index in [1.54, 1.807) is 0 Å². The summed E-state index contributed by atoms with van der Waals surface area (Å²) in [4.78, 5) is 7.31. The molecule has 0 radical (unpaired) electrons. The van der Waals surface area contributed by atoms with Crippen LogP contribution in [0.15, 0.2) is 23.4 Å². The molecule has 2 heterocycles. The van der Waals surface area contributed by atoms with Gasteiger partial charge in [0.25, 0.3) is 0 Å². The van der Waals surface area contributed by atoms with Crippen LogP contribution in [0.4, 0.5) is 0 Å². The lowest BCUT2D eigenvalue weighted by molar-refractivity contribution is 0.226. The van der Waals surface area contributed by atoms with E-state index < -0.39 is 0 Å². The fourth-order valence-electron chi connectivity index (χ4n) is 2.90. The lowest BCUT2D eigenvalue weighted by Gasteiger charge is -2.28. The summed E-state index contributed by atoms with van der Waals surface area (Å²) in [6, 6.07) is 4.94. The molecule has 1 aromatic rings. The highest BCUT2D eigenvalue weighted by Gasteiger charge is 2.29. The first kappa shape index (κ1) is 15.8. The van der Waals surface area contributed by atoms with Gasteiger partial charge in [0.15, 0.2) is 0 Å². The van der Waals surface area contributed by atoms with Gasteiger partial charge in [0.05, 0.1) is 0 Å². The van der Waals surface area contributed by atoms with Gasteiger partial charge in [0.2, 0.25) is 0 Å². The summed E-state index contributed by atoms with van der Waals surface area (Å²) in [6.07, 6.45) is 4.52. The summed E-state index contributed by atoms with van der Waals surface area (Å²) >= 11 is 1.90. The van der Waals surface area contributed by atoms with Gasteiger partial charge in [-0.25, -0.2) is 4.98 Å². The maximum absolute atomic E-state index is 4.66. The second-order valence-corrected chi connectivity index (χ2v) is 8.97. The zero-order valence-electron chi connectivity index (χ0n) is 13.5. The molecule has 1 aromatic heterocycles. The van der Waals surface area contributed by atoms with Crippen molar-refractivity contribution in [1.29, 1.82) is 0 Å². The molecule has 1 unspecified atom stereocenters. The van der Waals surface area contributed by atoms with Gasteiger partial charge >= 0.3 is 0 Å². The van der Waals surface area contributed by atoms with E-state index in [0.29, 0.717) is 6.04 Å². The van der Waals surface area contributed by atoms with Gasteiger partial charge in [-0.15, -0.1) is 11.8 Å². The molecule has 1 saturated heterocycles. The average Bonchev–Trinajstić information content (AvgIpc) is 2.74. The van der Waals surface area contributed by atoms with Crippen molar-refractivity contribution < 1.29 is 0 Å². The van der Waals surface area contributed by atoms with Crippen molar-refractivity contribution >= 4 is 11.8 Å². The van der Waals surface area contributed by atoms with Crippen LogP contribution in [0.3, 0.4) is 0 Å². The second kappa shape index (κ2) is 6.48. The minimum atomic E-state index is 0.213. The Hall–Kier alpha value is -0.540. The molecule has 0 aliphatic carbocycles. The summed E-state index contributed by atoms with van der Waals surface area (Å²) in [6.45, 7) is 13.8. The van der Waals surface area contributed by atoms with Gasteiger partial charge in [-0.2, -0.15) is 0 Å². The molecule has 0 bridgehead atoms. The first-order valence-corrected chi connectivity index (χ1v) is 8.56. The molecule has 2 nitrogen and oxygen atoms in total. The lowest BCUT2D eigenvalue weighted by Crippen LogP contribution is -2.28. The van der Waals surface area contributed by atoms with E-state index in [0.717, 1.165) is 5.92 Å². The van der Waals surface area contributed by atoms with Gasteiger partial charge < -0.3 is 0 Å². The van der Waals surface area contributed by atoms with Crippen LogP contribution in [0.5, 0.6) is 0 Å². The molecule has 0 amide bonds. The summed E-state index contributed by atoms with van der Waals surface area (Å²) in [5.41, 5.74) is 1.44. The maximum atomic E-state index is 4.66. The predicted molar refractivity (Wildman–Crippen MR) is 88.2 cm³/mol. The minimum absolute atomic E-state index is 0.213. The molecule has 0 N–H and O–H groups in total.